The van der Waals surface area contributed by atoms with Gasteiger partial charge in [0.05, 0.1) is 11.8 Å². The Morgan fingerprint density at radius 1 is 1.21 bits per heavy atom. The molecule has 0 aliphatic carbocycles. The summed E-state index contributed by atoms with van der Waals surface area (Å²) in [5, 5.41) is 10.3. The highest BCUT2D eigenvalue weighted by Gasteiger charge is 2.21. The molecule has 0 amide bonds. The Morgan fingerprint density at radius 2 is 2.00 bits per heavy atom. The molecule has 5 heteroatoms. The molecule has 1 atom stereocenters. The van der Waals surface area contributed by atoms with E-state index < -0.39 is 0 Å². The molecule has 0 bridgehead atoms. The molecule has 4 nitrogen and oxygen atoms in total. The smallest absolute Gasteiger partial charge is 0.132 e. The van der Waals surface area contributed by atoms with Crippen molar-refractivity contribution in [3.8, 4) is 11.3 Å². The zero-order chi connectivity index (χ0) is 13.2. The van der Waals surface area contributed by atoms with Crippen LogP contribution in [0.25, 0.3) is 11.3 Å². The number of benzene rings is 1. The number of rotatable bonds is 2. The highest BCUT2D eigenvalue weighted by molar-refractivity contribution is 6.30. The second-order valence-corrected chi connectivity index (χ2v) is 5.09. The Bertz CT molecular complexity index is 573. The van der Waals surface area contributed by atoms with E-state index in [1.807, 2.05) is 30.3 Å². The van der Waals surface area contributed by atoms with Gasteiger partial charge in [-0.25, -0.2) is 9.97 Å². The minimum absolute atomic E-state index is 0.256. The van der Waals surface area contributed by atoms with Crippen molar-refractivity contribution in [2.24, 2.45) is 0 Å². The maximum Gasteiger partial charge on any atom is 0.132 e. The number of β-amino-alcohol motifs (C(OH)–C–C–N with tert-alkyl or cyclic N) is 1. The maximum atomic E-state index is 9.58. The van der Waals surface area contributed by atoms with E-state index in [1.165, 1.54) is 0 Å². The van der Waals surface area contributed by atoms with Crippen molar-refractivity contribution < 1.29 is 5.11 Å². The lowest BCUT2D eigenvalue weighted by Crippen LogP contribution is -2.22. The summed E-state index contributed by atoms with van der Waals surface area (Å²) in [6.45, 7) is 1.47. The van der Waals surface area contributed by atoms with Gasteiger partial charge in [-0.1, -0.05) is 23.7 Å². The minimum atomic E-state index is -0.256. The van der Waals surface area contributed by atoms with E-state index >= 15 is 0 Å². The molecule has 2 aromatic rings. The molecular formula is C14H14ClN3O. The molecule has 3 rings (SSSR count). The van der Waals surface area contributed by atoms with Crippen molar-refractivity contribution in [3.05, 3.63) is 41.7 Å². The van der Waals surface area contributed by atoms with Crippen LogP contribution in [-0.4, -0.2) is 34.3 Å². The van der Waals surface area contributed by atoms with Gasteiger partial charge in [-0.15, -0.1) is 0 Å². The predicted octanol–water partition coefficient (Wildman–Crippen LogP) is 2.37. The summed E-state index contributed by atoms with van der Waals surface area (Å²) in [6.07, 6.45) is 2.10. The molecular weight excluding hydrogens is 262 g/mol. The maximum absolute atomic E-state index is 9.58. The fourth-order valence-corrected chi connectivity index (χ4v) is 2.37. The monoisotopic (exact) mass is 275 g/mol. The number of halogens is 1. The van der Waals surface area contributed by atoms with E-state index in [0.717, 1.165) is 30.0 Å². The van der Waals surface area contributed by atoms with Crippen LogP contribution in [0.15, 0.2) is 36.7 Å². The number of aliphatic hydroxyl groups is 1. The fraction of sp³-hybridized carbons (Fsp3) is 0.286. The van der Waals surface area contributed by atoms with Gasteiger partial charge in [-0.2, -0.15) is 0 Å². The van der Waals surface area contributed by atoms with Crippen LogP contribution < -0.4 is 4.90 Å². The van der Waals surface area contributed by atoms with Crippen LogP contribution in [0.2, 0.25) is 5.02 Å². The highest BCUT2D eigenvalue weighted by atomic mass is 35.5. The molecule has 98 valence electrons. The molecule has 0 spiro atoms. The lowest BCUT2D eigenvalue weighted by atomic mass is 10.1. The van der Waals surface area contributed by atoms with Crippen molar-refractivity contribution in [2.45, 2.75) is 12.5 Å². The van der Waals surface area contributed by atoms with Crippen LogP contribution in [0.4, 0.5) is 5.82 Å². The second kappa shape index (κ2) is 5.15. The van der Waals surface area contributed by atoms with E-state index in [2.05, 4.69) is 14.9 Å². The lowest BCUT2D eigenvalue weighted by Gasteiger charge is -2.16. The summed E-state index contributed by atoms with van der Waals surface area (Å²) < 4.78 is 0. The van der Waals surface area contributed by atoms with Gasteiger partial charge < -0.3 is 10.0 Å². The van der Waals surface area contributed by atoms with Gasteiger partial charge in [0.15, 0.2) is 0 Å². The average Bonchev–Trinajstić information content (AvgIpc) is 2.86. The first kappa shape index (κ1) is 12.4. The Morgan fingerprint density at radius 3 is 2.68 bits per heavy atom. The van der Waals surface area contributed by atoms with E-state index in [4.69, 9.17) is 11.6 Å². The number of aliphatic hydroxyl groups excluding tert-OH is 1. The minimum Gasteiger partial charge on any atom is -0.391 e. The number of nitrogens with zero attached hydrogens (tertiary/aromatic N) is 3. The van der Waals surface area contributed by atoms with Crippen LogP contribution in [0.3, 0.4) is 0 Å². The Balaban J connectivity index is 1.89. The summed E-state index contributed by atoms with van der Waals surface area (Å²) >= 11 is 5.88. The molecule has 1 aliphatic heterocycles. The number of aromatic nitrogens is 2. The highest BCUT2D eigenvalue weighted by Crippen LogP contribution is 2.24. The molecule has 1 aliphatic rings. The van der Waals surface area contributed by atoms with Crippen LogP contribution >= 0.6 is 11.6 Å². The molecule has 1 aromatic heterocycles. The van der Waals surface area contributed by atoms with E-state index in [0.29, 0.717) is 11.6 Å². The van der Waals surface area contributed by atoms with Crippen molar-refractivity contribution in [2.75, 3.05) is 18.0 Å². The molecule has 1 aromatic carbocycles. The zero-order valence-electron chi connectivity index (χ0n) is 10.3. The zero-order valence-corrected chi connectivity index (χ0v) is 11.1. The van der Waals surface area contributed by atoms with Crippen molar-refractivity contribution in [1.29, 1.82) is 0 Å². The third-order valence-electron chi connectivity index (χ3n) is 3.28. The standard InChI is InChI=1S/C14H14ClN3O/c15-11-3-1-10(2-4-11)13-7-14(17-9-16-13)18-6-5-12(19)8-18/h1-4,7,9,12,19H,5-6,8H2/t12-/m0/s1. The van der Waals surface area contributed by atoms with Crippen LogP contribution in [-0.2, 0) is 0 Å². The van der Waals surface area contributed by atoms with Gasteiger partial charge in [0.1, 0.15) is 12.1 Å². The third kappa shape index (κ3) is 2.69. The molecule has 1 saturated heterocycles. The predicted molar refractivity (Wildman–Crippen MR) is 75.3 cm³/mol. The molecule has 1 fully saturated rings. The molecule has 0 saturated carbocycles. The van der Waals surface area contributed by atoms with Gasteiger partial charge >= 0.3 is 0 Å². The normalized spacial score (nSPS) is 18.8. The summed E-state index contributed by atoms with van der Waals surface area (Å²) in [5.74, 6) is 0.858. The number of hydrogen-bond acceptors (Lipinski definition) is 4. The third-order valence-corrected chi connectivity index (χ3v) is 3.53. The first-order chi connectivity index (χ1) is 9.22. The van der Waals surface area contributed by atoms with Gasteiger partial charge in [0.2, 0.25) is 0 Å². The molecule has 1 N–H and O–H groups in total. The molecule has 0 radical (unpaired) electrons. The summed E-state index contributed by atoms with van der Waals surface area (Å²) in [7, 11) is 0. The first-order valence-electron chi connectivity index (χ1n) is 6.23. The van der Waals surface area contributed by atoms with E-state index in [-0.39, 0.29) is 6.10 Å². The van der Waals surface area contributed by atoms with Gasteiger partial charge in [-0.3, -0.25) is 0 Å². The van der Waals surface area contributed by atoms with Crippen molar-refractivity contribution in [1.82, 2.24) is 9.97 Å². The number of anilines is 1. The molecule has 2 heterocycles. The number of hydrogen-bond donors (Lipinski definition) is 1. The first-order valence-corrected chi connectivity index (χ1v) is 6.61. The summed E-state index contributed by atoms with van der Waals surface area (Å²) in [5.41, 5.74) is 1.87. The van der Waals surface area contributed by atoms with Crippen molar-refractivity contribution >= 4 is 17.4 Å². The summed E-state index contributed by atoms with van der Waals surface area (Å²) in [4.78, 5) is 10.6. The SMILES string of the molecule is O[C@H]1CCN(c2cc(-c3ccc(Cl)cc3)ncn2)C1. The Kier molecular flexibility index (Phi) is 3.36. The Hall–Kier alpha value is -1.65. The van der Waals surface area contributed by atoms with Crippen molar-refractivity contribution in [3.63, 3.8) is 0 Å². The second-order valence-electron chi connectivity index (χ2n) is 4.66. The quantitative estimate of drug-likeness (QED) is 0.914. The van der Waals surface area contributed by atoms with Gasteiger partial charge in [0, 0.05) is 29.7 Å². The lowest BCUT2D eigenvalue weighted by molar-refractivity contribution is 0.198. The van der Waals surface area contributed by atoms with E-state index in [9.17, 15) is 5.11 Å². The van der Waals surface area contributed by atoms with Gasteiger partial charge in [0.25, 0.3) is 0 Å². The van der Waals surface area contributed by atoms with E-state index in [1.54, 1.807) is 6.33 Å². The molecule has 0 unspecified atom stereocenters. The van der Waals surface area contributed by atoms with Crippen LogP contribution in [0.1, 0.15) is 6.42 Å². The Labute approximate surface area is 116 Å². The largest absolute Gasteiger partial charge is 0.391 e. The van der Waals surface area contributed by atoms with Crippen LogP contribution in [0, 0.1) is 0 Å². The van der Waals surface area contributed by atoms with Crippen LogP contribution in [0.5, 0.6) is 0 Å². The molecule has 19 heavy (non-hydrogen) atoms. The fourth-order valence-electron chi connectivity index (χ4n) is 2.25. The summed E-state index contributed by atoms with van der Waals surface area (Å²) in [6, 6.07) is 9.51. The topological polar surface area (TPSA) is 49.2 Å². The van der Waals surface area contributed by atoms with Gasteiger partial charge in [-0.05, 0) is 18.6 Å². The average molecular weight is 276 g/mol.